The summed E-state index contributed by atoms with van der Waals surface area (Å²) in [5, 5.41) is 21.1. The quantitative estimate of drug-likeness (QED) is 0.488. The van der Waals surface area contributed by atoms with Crippen molar-refractivity contribution in [3.8, 4) is 12.1 Å². The Hall–Kier alpha value is -2.95. The Bertz CT molecular complexity index is 1090. The van der Waals surface area contributed by atoms with Crippen molar-refractivity contribution in [1.82, 2.24) is 5.32 Å². The molecule has 33 heavy (non-hydrogen) atoms. The van der Waals surface area contributed by atoms with Crippen molar-refractivity contribution < 1.29 is 22.4 Å². The number of carbonyl (C=O) groups is 1. The molecule has 2 aromatic carbocycles. The average molecular weight is 525 g/mol. The topological polar surface area (TPSA) is 103 Å². The van der Waals surface area contributed by atoms with Crippen molar-refractivity contribution in [2.75, 3.05) is 0 Å². The minimum absolute atomic E-state index is 0.00220. The van der Waals surface area contributed by atoms with Crippen LogP contribution in [0.3, 0.4) is 0 Å². The second-order valence-electron chi connectivity index (χ2n) is 7.86. The second kappa shape index (κ2) is 10.3. The molecule has 10 heteroatoms. The lowest BCUT2D eigenvalue weighted by Crippen LogP contribution is -2.67. The molecule has 0 radical (unpaired) electrons. The van der Waals surface area contributed by atoms with Gasteiger partial charge in [0.15, 0.2) is 0 Å². The molecule has 0 aromatic heterocycles. The minimum Gasteiger partial charge on any atom is -0.368 e. The molecule has 3 atom stereocenters. The van der Waals surface area contributed by atoms with E-state index in [1.807, 2.05) is 6.07 Å². The predicted octanol–water partition coefficient (Wildman–Crippen LogP) is 4.71. The van der Waals surface area contributed by atoms with Crippen LogP contribution in [0.1, 0.15) is 36.5 Å². The Labute approximate surface area is 197 Å². The van der Waals surface area contributed by atoms with Gasteiger partial charge in [-0.2, -0.15) is 23.7 Å². The number of hydrogen-bond acceptors (Lipinski definition) is 4. The highest BCUT2D eigenvalue weighted by atomic mass is 79.9. The molecule has 0 aliphatic carbocycles. The van der Waals surface area contributed by atoms with E-state index in [0.29, 0.717) is 4.47 Å². The standard InChI is InChI=1S/C23H21BrF4N4O/c1-13(2)22(21(31)33,20(23(26,27)28)15-5-7-17(24)8-6-15)32-18(12-30)10-16-4-3-14(11-29)9-19(16)25/h3-9,13,18,20,32H,10H2,1-2H3,(H2,31,33)/t18-,20-,22+/m0/s1. The number of halogens is 5. The van der Waals surface area contributed by atoms with Gasteiger partial charge in [0.1, 0.15) is 23.3 Å². The molecule has 1 amide bonds. The van der Waals surface area contributed by atoms with Gasteiger partial charge in [0.2, 0.25) is 5.91 Å². The van der Waals surface area contributed by atoms with Crippen LogP contribution in [-0.4, -0.2) is 23.7 Å². The molecule has 0 fully saturated rings. The fourth-order valence-corrected chi connectivity index (χ4v) is 4.13. The van der Waals surface area contributed by atoms with E-state index in [4.69, 9.17) is 11.0 Å². The molecule has 0 heterocycles. The van der Waals surface area contributed by atoms with Crippen LogP contribution in [0.15, 0.2) is 46.9 Å². The summed E-state index contributed by atoms with van der Waals surface area (Å²) in [7, 11) is 0. The molecule has 0 saturated heterocycles. The number of amides is 1. The van der Waals surface area contributed by atoms with Gasteiger partial charge in [-0.15, -0.1) is 0 Å². The van der Waals surface area contributed by atoms with E-state index < -0.39 is 41.3 Å². The summed E-state index contributed by atoms with van der Waals surface area (Å²) in [5.41, 5.74) is 3.01. The number of nitrogens with zero attached hydrogens (tertiary/aromatic N) is 2. The highest BCUT2D eigenvalue weighted by molar-refractivity contribution is 9.10. The lowest BCUT2D eigenvalue weighted by atomic mass is 9.70. The highest BCUT2D eigenvalue weighted by Crippen LogP contribution is 2.46. The summed E-state index contributed by atoms with van der Waals surface area (Å²) >= 11 is 3.17. The van der Waals surface area contributed by atoms with Crippen molar-refractivity contribution in [2.24, 2.45) is 11.7 Å². The molecule has 5 nitrogen and oxygen atoms in total. The van der Waals surface area contributed by atoms with Gasteiger partial charge in [0.05, 0.1) is 17.7 Å². The van der Waals surface area contributed by atoms with E-state index in [-0.39, 0.29) is 23.1 Å². The van der Waals surface area contributed by atoms with E-state index in [0.717, 1.165) is 6.07 Å². The van der Waals surface area contributed by atoms with Gasteiger partial charge in [-0.05, 0) is 41.3 Å². The Kier molecular flexibility index (Phi) is 8.23. The summed E-state index contributed by atoms with van der Waals surface area (Å²) < 4.78 is 58.2. The Morgan fingerprint density at radius 3 is 2.18 bits per heavy atom. The lowest BCUT2D eigenvalue weighted by molar-refractivity contribution is -0.179. The van der Waals surface area contributed by atoms with Crippen LogP contribution in [-0.2, 0) is 11.2 Å². The number of nitrogens with two attached hydrogens (primary N) is 1. The van der Waals surface area contributed by atoms with Gasteiger partial charge in [-0.25, -0.2) is 4.39 Å². The van der Waals surface area contributed by atoms with Crippen molar-refractivity contribution in [3.05, 3.63) is 69.4 Å². The molecule has 174 valence electrons. The number of hydrogen-bond donors (Lipinski definition) is 2. The fourth-order valence-electron chi connectivity index (χ4n) is 3.87. The number of nitrogens with one attached hydrogen (secondary N) is 1. The maximum Gasteiger partial charge on any atom is 0.398 e. The number of benzene rings is 2. The molecule has 0 bridgehead atoms. The predicted molar refractivity (Wildman–Crippen MR) is 117 cm³/mol. The van der Waals surface area contributed by atoms with E-state index in [1.54, 1.807) is 6.07 Å². The van der Waals surface area contributed by atoms with Crippen LogP contribution >= 0.6 is 15.9 Å². The number of rotatable bonds is 8. The summed E-state index contributed by atoms with van der Waals surface area (Å²) in [4.78, 5) is 12.7. The fraction of sp³-hybridized carbons (Fsp3) is 0.348. The van der Waals surface area contributed by atoms with E-state index in [2.05, 4.69) is 21.2 Å². The largest absolute Gasteiger partial charge is 0.398 e. The molecule has 0 spiro atoms. The summed E-state index contributed by atoms with van der Waals surface area (Å²) in [6, 6.07) is 11.0. The zero-order chi connectivity index (χ0) is 25.0. The zero-order valence-electron chi connectivity index (χ0n) is 17.8. The molecule has 2 rings (SSSR count). The van der Waals surface area contributed by atoms with Gasteiger partial charge in [-0.3, -0.25) is 10.1 Å². The first-order valence-corrected chi connectivity index (χ1v) is 10.6. The van der Waals surface area contributed by atoms with Crippen LogP contribution in [0.4, 0.5) is 17.6 Å². The maximum absolute atomic E-state index is 14.4. The maximum atomic E-state index is 14.4. The van der Waals surface area contributed by atoms with E-state index >= 15 is 0 Å². The summed E-state index contributed by atoms with van der Waals surface area (Å²) in [5.74, 6) is -5.45. The molecule has 0 saturated carbocycles. The Morgan fingerprint density at radius 2 is 1.76 bits per heavy atom. The van der Waals surface area contributed by atoms with E-state index in [1.165, 1.54) is 50.2 Å². The van der Waals surface area contributed by atoms with Gasteiger partial charge >= 0.3 is 6.18 Å². The summed E-state index contributed by atoms with van der Waals surface area (Å²) in [6.45, 7) is 2.79. The first kappa shape index (κ1) is 26.3. The van der Waals surface area contributed by atoms with Crippen molar-refractivity contribution >= 4 is 21.8 Å². The van der Waals surface area contributed by atoms with E-state index in [9.17, 15) is 27.6 Å². The zero-order valence-corrected chi connectivity index (χ0v) is 19.3. The molecule has 0 unspecified atom stereocenters. The van der Waals surface area contributed by atoms with Gasteiger partial charge in [0, 0.05) is 10.9 Å². The van der Waals surface area contributed by atoms with Crippen molar-refractivity contribution in [3.63, 3.8) is 0 Å². The third kappa shape index (κ3) is 5.70. The smallest absolute Gasteiger partial charge is 0.368 e. The number of carbonyl (C=O) groups excluding carboxylic acids is 1. The van der Waals surface area contributed by atoms with Gasteiger partial charge in [-0.1, -0.05) is 48.0 Å². The van der Waals surface area contributed by atoms with Crippen LogP contribution in [0.5, 0.6) is 0 Å². The highest BCUT2D eigenvalue weighted by Gasteiger charge is 2.59. The van der Waals surface area contributed by atoms with Crippen LogP contribution < -0.4 is 11.1 Å². The van der Waals surface area contributed by atoms with Crippen molar-refractivity contribution in [2.45, 2.75) is 43.9 Å². The van der Waals surface area contributed by atoms with Gasteiger partial charge < -0.3 is 5.73 Å². The van der Waals surface area contributed by atoms with Crippen LogP contribution in [0.25, 0.3) is 0 Å². The number of primary amides is 1. The average Bonchev–Trinajstić information content (AvgIpc) is 2.73. The molecule has 3 N–H and O–H groups in total. The lowest BCUT2D eigenvalue weighted by Gasteiger charge is -2.44. The molecular weight excluding hydrogens is 504 g/mol. The SMILES string of the molecule is CC(C)[C@](N[C@H](C#N)Cc1ccc(C#N)cc1F)(C(N)=O)[C@H](c1ccc(Br)cc1)C(F)(F)F. The Balaban J connectivity index is 2.59. The first-order valence-electron chi connectivity index (χ1n) is 9.84. The van der Waals surface area contributed by atoms with Crippen molar-refractivity contribution in [1.29, 1.82) is 10.5 Å². The third-order valence-corrected chi connectivity index (χ3v) is 6.01. The molecule has 0 aliphatic heterocycles. The normalized spacial score (nSPS) is 15.2. The first-order chi connectivity index (χ1) is 15.4. The van der Waals surface area contributed by atoms with Gasteiger partial charge in [0.25, 0.3) is 0 Å². The molecule has 2 aromatic rings. The minimum atomic E-state index is -4.90. The molecular formula is C23H21BrF4N4O. The molecule has 0 aliphatic rings. The number of nitriles is 2. The summed E-state index contributed by atoms with van der Waals surface area (Å²) in [6.07, 6.45) is -5.25. The monoisotopic (exact) mass is 524 g/mol. The second-order valence-corrected chi connectivity index (χ2v) is 8.78. The van der Waals surface area contributed by atoms with Crippen LogP contribution in [0, 0.1) is 34.4 Å². The van der Waals surface area contributed by atoms with Crippen LogP contribution in [0.2, 0.25) is 0 Å². The Morgan fingerprint density at radius 1 is 1.15 bits per heavy atom. The third-order valence-electron chi connectivity index (χ3n) is 5.48. The number of alkyl halides is 3.